The Labute approximate surface area is 178 Å². The number of benzene rings is 1. The number of halogens is 3. The molecule has 1 aliphatic rings. The second kappa shape index (κ2) is 9.08. The van der Waals surface area contributed by atoms with Crippen LogP contribution in [0.25, 0.3) is 0 Å². The minimum Gasteiger partial charge on any atom is -0.354 e. The highest BCUT2D eigenvalue weighted by Crippen LogP contribution is 2.27. The standard InChI is InChI=1S/C16H18Cl3N5O3S/c17-12-2-1-11(7-13(12)18)14(22-25)9-28(26,27)24-5-3-23(4-6-24)16-8-15(19)20-10-21-16/h1-2,7-8,10,14,22,25H,3-6,9H2. The van der Waals surface area contributed by atoms with Crippen molar-refractivity contribution in [2.24, 2.45) is 0 Å². The van der Waals surface area contributed by atoms with E-state index in [9.17, 15) is 13.6 Å². The summed E-state index contributed by atoms with van der Waals surface area (Å²) < 4.78 is 27.1. The molecular formula is C16H18Cl3N5O3S. The van der Waals surface area contributed by atoms with Gasteiger partial charge in [0, 0.05) is 32.2 Å². The van der Waals surface area contributed by atoms with Gasteiger partial charge in [-0.1, -0.05) is 40.9 Å². The summed E-state index contributed by atoms with van der Waals surface area (Å²) in [4.78, 5) is 9.95. The number of hydrogen-bond acceptors (Lipinski definition) is 7. The lowest BCUT2D eigenvalue weighted by Gasteiger charge is -2.35. The molecule has 2 heterocycles. The lowest BCUT2D eigenvalue weighted by Crippen LogP contribution is -2.50. The first-order valence-electron chi connectivity index (χ1n) is 8.35. The zero-order valence-corrected chi connectivity index (χ0v) is 17.7. The normalized spacial score (nSPS) is 16.9. The Balaban J connectivity index is 1.66. The number of rotatable bonds is 6. The predicted octanol–water partition coefficient (Wildman–Crippen LogP) is 2.61. The minimum absolute atomic E-state index is 0.286. The molecule has 0 radical (unpaired) electrons. The van der Waals surface area contributed by atoms with Crippen LogP contribution in [0.4, 0.5) is 5.82 Å². The van der Waals surface area contributed by atoms with Gasteiger partial charge in [-0.2, -0.15) is 9.79 Å². The van der Waals surface area contributed by atoms with Crippen molar-refractivity contribution in [2.45, 2.75) is 6.04 Å². The van der Waals surface area contributed by atoms with E-state index in [1.165, 1.54) is 16.7 Å². The van der Waals surface area contributed by atoms with E-state index in [-0.39, 0.29) is 10.8 Å². The number of aromatic nitrogens is 2. The van der Waals surface area contributed by atoms with Gasteiger partial charge >= 0.3 is 0 Å². The highest BCUT2D eigenvalue weighted by Gasteiger charge is 2.30. The van der Waals surface area contributed by atoms with Crippen molar-refractivity contribution in [2.75, 3.05) is 36.8 Å². The molecule has 3 rings (SSSR count). The molecule has 28 heavy (non-hydrogen) atoms. The van der Waals surface area contributed by atoms with Crippen molar-refractivity contribution in [1.29, 1.82) is 0 Å². The summed E-state index contributed by atoms with van der Waals surface area (Å²) in [6, 6.07) is 5.51. The van der Waals surface area contributed by atoms with Crippen LogP contribution in [0, 0.1) is 0 Å². The van der Waals surface area contributed by atoms with Gasteiger partial charge in [-0.15, -0.1) is 0 Å². The fourth-order valence-corrected chi connectivity index (χ4v) is 5.01. The van der Waals surface area contributed by atoms with Crippen LogP contribution in [0.3, 0.4) is 0 Å². The summed E-state index contributed by atoms with van der Waals surface area (Å²) in [5, 5.41) is 10.4. The molecule has 1 aliphatic heterocycles. The number of hydrogen-bond donors (Lipinski definition) is 2. The maximum Gasteiger partial charge on any atom is 0.216 e. The Kier molecular flexibility index (Phi) is 6.98. The lowest BCUT2D eigenvalue weighted by molar-refractivity contribution is 0.133. The number of hydroxylamine groups is 1. The summed E-state index contributed by atoms with van der Waals surface area (Å²) in [6.45, 7) is 1.53. The summed E-state index contributed by atoms with van der Waals surface area (Å²) in [5.41, 5.74) is 2.57. The van der Waals surface area contributed by atoms with E-state index in [1.54, 1.807) is 18.2 Å². The van der Waals surface area contributed by atoms with Crippen LogP contribution in [0.15, 0.2) is 30.6 Å². The average molecular weight is 467 g/mol. The van der Waals surface area contributed by atoms with Crippen molar-refractivity contribution in [1.82, 2.24) is 19.8 Å². The molecule has 1 saturated heterocycles. The third-order valence-corrected chi connectivity index (χ3v) is 7.31. The van der Waals surface area contributed by atoms with Crippen molar-refractivity contribution in [3.05, 3.63) is 51.4 Å². The molecule has 1 fully saturated rings. The Bertz CT molecular complexity index is 939. The molecule has 0 bridgehead atoms. The molecule has 1 aromatic carbocycles. The number of piperazine rings is 1. The molecule has 2 N–H and O–H groups in total. The molecule has 1 unspecified atom stereocenters. The van der Waals surface area contributed by atoms with Gasteiger partial charge in [0.1, 0.15) is 17.3 Å². The van der Waals surface area contributed by atoms with Crippen molar-refractivity contribution in [3.8, 4) is 0 Å². The van der Waals surface area contributed by atoms with Gasteiger partial charge in [-0.3, -0.25) is 0 Å². The quantitative estimate of drug-likeness (QED) is 0.499. The van der Waals surface area contributed by atoms with E-state index in [0.29, 0.717) is 47.7 Å². The maximum absolute atomic E-state index is 12.8. The Hall–Kier alpha value is -1.20. The molecular weight excluding hydrogens is 449 g/mol. The molecule has 1 atom stereocenters. The summed E-state index contributed by atoms with van der Waals surface area (Å²) in [5.74, 6) is 0.337. The van der Waals surface area contributed by atoms with Gasteiger partial charge in [0.05, 0.1) is 21.8 Å². The number of nitrogens with zero attached hydrogens (tertiary/aromatic N) is 4. The first-order valence-corrected chi connectivity index (χ1v) is 11.1. The predicted molar refractivity (Wildman–Crippen MR) is 109 cm³/mol. The average Bonchev–Trinajstić information content (AvgIpc) is 2.68. The lowest BCUT2D eigenvalue weighted by atomic mass is 10.1. The third-order valence-electron chi connectivity index (χ3n) is 4.45. The second-order valence-electron chi connectivity index (χ2n) is 6.22. The minimum atomic E-state index is -3.63. The largest absolute Gasteiger partial charge is 0.354 e. The van der Waals surface area contributed by atoms with Crippen LogP contribution in [0.2, 0.25) is 15.2 Å². The van der Waals surface area contributed by atoms with Crippen LogP contribution in [-0.2, 0) is 10.0 Å². The SMILES string of the molecule is O=S(=O)(CC(NO)c1ccc(Cl)c(Cl)c1)N1CCN(c2cc(Cl)ncn2)CC1. The number of sulfonamides is 1. The van der Waals surface area contributed by atoms with Crippen molar-refractivity contribution >= 4 is 50.6 Å². The van der Waals surface area contributed by atoms with E-state index >= 15 is 0 Å². The summed E-state index contributed by atoms with van der Waals surface area (Å²) in [7, 11) is -3.63. The van der Waals surface area contributed by atoms with Crippen LogP contribution in [-0.4, -0.2) is 59.8 Å². The summed E-state index contributed by atoms with van der Waals surface area (Å²) in [6.07, 6.45) is 1.37. The smallest absolute Gasteiger partial charge is 0.216 e. The Morgan fingerprint density at radius 3 is 2.39 bits per heavy atom. The summed E-state index contributed by atoms with van der Waals surface area (Å²) >= 11 is 17.8. The Morgan fingerprint density at radius 1 is 1.07 bits per heavy atom. The van der Waals surface area contributed by atoms with Gasteiger partial charge in [-0.05, 0) is 17.7 Å². The fourth-order valence-electron chi connectivity index (χ4n) is 2.95. The molecule has 0 aliphatic carbocycles. The van der Waals surface area contributed by atoms with Crippen molar-refractivity contribution < 1.29 is 13.6 Å². The molecule has 1 aromatic heterocycles. The van der Waals surface area contributed by atoms with E-state index < -0.39 is 16.1 Å². The number of anilines is 1. The molecule has 152 valence electrons. The Morgan fingerprint density at radius 2 is 1.79 bits per heavy atom. The fraction of sp³-hybridized carbons (Fsp3) is 0.375. The van der Waals surface area contributed by atoms with E-state index in [0.717, 1.165) is 0 Å². The third kappa shape index (κ3) is 5.04. The van der Waals surface area contributed by atoms with E-state index in [2.05, 4.69) is 15.4 Å². The first-order chi connectivity index (χ1) is 13.3. The zero-order chi connectivity index (χ0) is 20.3. The van der Waals surface area contributed by atoms with Crippen LogP contribution in [0.1, 0.15) is 11.6 Å². The van der Waals surface area contributed by atoms with Crippen molar-refractivity contribution in [3.63, 3.8) is 0 Å². The molecule has 0 amide bonds. The van der Waals surface area contributed by atoms with Gasteiger partial charge in [-0.25, -0.2) is 18.4 Å². The van der Waals surface area contributed by atoms with E-state index in [4.69, 9.17) is 34.8 Å². The van der Waals surface area contributed by atoms with Gasteiger partial charge in [0.2, 0.25) is 10.0 Å². The van der Waals surface area contributed by atoms with Gasteiger partial charge < -0.3 is 10.1 Å². The highest BCUT2D eigenvalue weighted by atomic mass is 35.5. The first kappa shape index (κ1) is 21.5. The zero-order valence-electron chi connectivity index (χ0n) is 14.6. The van der Waals surface area contributed by atoms with E-state index in [1.807, 2.05) is 4.90 Å². The van der Waals surface area contributed by atoms with Crippen LogP contribution < -0.4 is 10.4 Å². The number of nitrogens with one attached hydrogen (secondary N) is 1. The molecule has 0 spiro atoms. The maximum atomic E-state index is 12.8. The molecule has 0 saturated carbocycles. The topological polar surface area (TPSA) is 98.7 Å². The molecule has 8 nitrogen and oxygen atoms in total. The second-order valence-corrected chi connectivity index (χ2v) is 9.43. The molecule has 2 aromatic rings. The van der Waals surface area contributed by atoms with Crippen LogP contribution >= 0.6 is 34.8 Å². The van der Waals surface area contributed by atoms with Gasteiger partial charge in [0.25, 0.3) is 0 Å². The highest BCUT2D eigenvalue weighted by molar-refractivity contribution is 7.89. The molecule has 12 heteroatoms. The van der Waals surface area contributed by atoms with Gasteiger partial charge in [0.15, 0.2) is 0 Å². The van der Waals surface area contributed by atoms with Crippen LogP contribution in [0.5, 0.6) is 0 Å². The monoisotopic (exact) mass is 465 g/mol.